The largest absolute Gasteiger partial charge is 0.348 e. The Morgan fingerprint density at radius 3 is 2.70 bits per heavy atom. The van der Waals surface area contributed by atoms with Gasteiger partial charge in [-0.1, -0.05) is 37.3 Å². The maximum Gasteiger partial charge on any atom is 0.223 e. The lowest BCUT2D eigenvalue weighted by Gasteiger charge is -2.37. The van der Waals surface area contributed by atoms with E-state index in [0.29, 0.717) is 6.42 Å². The molecule has 1 atom stereocenters. The first-order valence-electron chi connectivity index (χ1n) is 7.30. The van der Waals surface area contributed by atoms with E-state index in [0.717, 1.165) is 19.5 Å². The van der Waals surface area contributed by atoms with Crippen molar-refractivity contribution in [3.8, 4) is 0 Å². The Bertz CT molecular complexity index is 588. The van der Waals surface area contributed by atoms with Gasteiger partial charge in [-0.15, -0.1) is 0 Å². The van der Waals surface area contributed by atoms with Crippen LogP contribution in [0.3, 0.4) is 0 Å². The second-order valence-electron chi connectivity index (χ2n) is 5.28. The molecule has 2 heterocycles. The highest BCUT2D eigenvalue weighted by Crippen LogP contribution is 2.32. The summed E-state index contributed by atoms with van der Waals surface area (Å²) in [7, 11) is 0. The highest BCUT2D eigenvalue weighted by Gasteiger charge is 2.31. The topological polar surface area (TPSA) is 25.2 Å². The standard InChI is InChI=1S/C17H20N2O/c1-2-7-16(20)19-13-12-18-11-6-10-15(18)17(19)14-8-4-3-5-9-14/h3-6,8-11,17H,2,7,12-13H2,1H3. The van der Waals surface area contributed by atoms with Gasteiger partial charge in [-0.05, 0) is 24.1 Å². The summed E-state index contributed by atoms with van der Waals surface area (Å²) in [6, 6.07) is 14.6. The molecule has 20 heavy (non-hydrogen) atoms. The Hall–Kier alpha value is -2.03. The second-order valence-corrected chi connectivity index (χ2v) is 5.28. The van der Waals surface area contributed by atoms with Crippen LogP contribution in [0.25, 0.3) is 0 Å². The zero-order valence-corrected chi connectivity index (χ0v) is 11.8. The van der Waals surface area contributed by atoms with Crippen LogP contribution < -0.4 is 0 Å². The molecule has 1 unspecified atom stereocenters. The summed E-state index contributed by atoms with van der Waals surface area (Å²) in [5, 5.41) is 0. The van der Waals surface area contributed by atoms with Crippen molar-refractivity contribution in [1.82, 2.24) is 9.47 Å². The molecule has 2 aromatic rings. The fourth-order valence-electron chi connectivity index (χ4n) is 3.00. The molecule has 0 fully saturated rings. The van der Waals surface area contributed by atoms with Crippen molar-refractivity contribution in [3.05, 3.63) is 59.9 Å². The maximum atomic E-state index is 12.4. The highest BCUT2D eigenvalue weighted by molar-refractivity contribution is 5.77. The van der Waals surface area contributed by atoms with Crippen LogP contribution in [0.2, 0.25) is 0 Å². The molecule has 1 amide bonds. The molecule has 0 saturated carbocycles. The van der Waals surface area contributed by atoms with E-state index in [4.69, 9.17) is 0 Å². The van der Waals surface area contributed by atoms with Gasteiger partial charge in [-0.2, -0.15) is 0 Å². The van der Waals surface area contributed by atoms with Gasteiger partial charge < -0.3 is 9.47 Å². The number of carbonyl (C=O) groups is 1. The fraction of sp³-hybridized carbons (Fsp3) is 0.353. The summed E-state index contributed by atoms with van der Waals surface area (Å²) in [6.07, 6.45) is 3.63. The normalized spacial score (nSPS) is 17.9. The van der Waals surface area contributed by atoms with Gasteiger partial charge in [0.05, 0.1) is 6.04 Å². The molecule has 0 radical (unpaired) electrons. The van der Waals surface area contributed by atoms with E-state index in [1.807, 2.05) is 23.1 Å². The van der Waals surface area contributed by atoms with E-state index in [9.17, 15) is 4.79 Å². The molecule has 3 nitrogen and oxygen atoms in total. The SMILES string of the molecule is CCCC(=O)N1CCn2cccc2C1c1ccccc1. The van der Waals surface area contributed by atoms with E-state index in [2.05, 4.69) is 42.0 Å². The summed E-state index contributed by atoms with van der Waals surface area (Å²) in [4.78, 5) is 14.5. The van der Waals surface area contributed by atoms with Crippen LogP contribution in [0.4, 0.5) is 0 Å². The zero-order chi connectivity index (χ0) is 13.9. The van der Waals surface area contributed by atoms with Gasteiger partial charge in [0, 0.05) is 31.4 Å². The van der Waals surface area contributed by atoms with Crippen LogP contribution >= 0.6 is 0 Å². The molecule has 1 aromatic heterocycles. The molecule has 104 valence electrons. The van der Waals surface area contributed by atoms with Gasteiger partial charge in [0.15, 0.2) is 0 Å². The molecule has 3 rings (SSSR count). The number of rotatable bonds is 3. The quantitative estimate of drug-likeness (QED) is 0.839. The van der Waals surface area contributed by atoms with Crippen LogP contribution in [0.1, 0.15) is 37.1 Å². The van der Waals surface area contributed by atoms with Crippen LogP contribution in [0.5, 0.6) is 0 Å². The molecular weight excluding hydrogens is 248 g/mol. The first kappa shape index (κ1) is 13.0. The average molecular weight is 268 g/mol. The summed E-state index contributed by atoms with van der Waals surface area (Å²) in [5.74, 6) is 0.258. The van der Waals surface area contributed by atoms with E-state index < -0.39 is 0 Å². The maximum absolute atomic E-state index is 12.4. The highest BCUT2D eigenvalue weighted by atomic mass is 16.2. The number of hydrogen-bond donors (Lipinski definition) is 0. The number of carbonyl (C=O) groups excluding carboxylic acids is 1. The number of fused-ring (bicyclic) bond motifs is 1. The molecule has 3 heteroatoms. The molecule has 0 spiro atoms. The first-order valence-corrected chi connectivity index (χ1v) is 7.30. The molecular formula is C17H20N2O. The minimum absolute atomic E-state index is 0.0546. The number of nitrogens with zero attached hydrogens (tertiary/aromatic N) is 2. The molecule has 0 saturated heterocycles. The lowest BCUT2D eigenvalue weighted by molar-refractivity contribution is -0.133. The Morgan fingerprint density at radius 1 is 1.15 bits per heavy atom. The van der Waals surface area contributed by atoms with Crippen molar-refractivity contribution >= 4 is 5.91 Å². The zero-order valence-electron chi connectivity index (χ0n) is 11.8. The summed E-state index contributed by atoms with van der Waals surface area (Å²) < 4.78 is 2.26. The van der Waals surface area contributed by atoms with Crippen LogP contribution in [0.15, 0.2) is 48.7 Å². The van der Waals surface area contributed by atoms with Crippen molar-refractivity contribution in [1.29, 1.82) is 0 Å². The van der Waals surface area contributed by atoms with Crippen molar-refractivity contribution in [2.45, 2.75) is 32.4 Å². The predicted octanol–water partition coefficient (Wildman–Crippen LogP) is 3.22. The van der Waals surface area contributed by atoms with E-state index >= 15 is 0 Å². The minimum Gasteiger partial charge on any atom is -0.348 e. The lowest BCUT2D eigenvalue weighted by Crippen LogP contribution is -2.42. The minimum atomic E-state index is 0.0546. The van der Waals surface area contributed by atoms with E-state index in [1.54, 1.807) is 0 Å². The van der Waals surface area contributed by atoms with Crippen molar-refractivity contribution in [2.24, 2.45) is 0 Å². The number of aromatic nitrogens is 1. The van der Waals surface area contributed by atoms with Gasteiger partial charge >= 0.3 is 0 Å². The van der Waals surface area contributed by atoms with Crippen LogP contribution in [-0.2, 0) is 11.3 Å². The Morgan fingerprint density at radius 2 is 1.95 bits per heavy atom. The van der Waals surface area contributed by atoms with Gasteiger partial charge in [-0.3, -0.25) is 4.79 Å². The van der Waals surface area contributed by atoms with Crippen molar-refractivity contribution in [3.63, 3.8) is 0 Å². The summed E-state index contributed by atoms with van der Waals surface area (Å²) >= 11 is 0. The van der Waals surface area contributed by atoms with E-state index in [-0.39, 0.29) is 11.9 Å². The lowest BCUT2D eigenvalue weighted by atomic mass is 9.99. The summed E-state index contributed by atoms with van der Waals surface area (Å²) in [6.45, 7) is 3.74. The van der Waals surface area contributed by atoms with Gasteiger partial charge in [0.25, 0.3) is 0 Å². The third kappa shape index (κ3) is 2.24. The van der Waals surface area contributed by atoms with Crippen LogP contribution in [0, 0.1) is 0 Å². The van der Waals surface area contributed by atoms with Crippen molar-refractivity contribution < 1.29 is 4.79 Å². The molecule has 0 bridgehead atoms. The first-order chi connectivity index (χ1) is 9.81. The van der Waals surface area contributed by atoms with Gasteiger partial charge in [0.1, 0.15) is 0 Å². The van der Waals surface area contributed by atoms with Crippen molar-refractivity contribution in [2.75, 3.05) is 6.54 Å². The number of hydrogen-bond acceptors (Lipinski definition) is 1. The Kier molecular flexibility index (Phi) is 3.59. The predicted molar refractivity (Wildman–Crippen MR) is 79.3 cm³/mol. The second kappa shape index (κ2) is 5.53. The molecule has 1 aliphatic heterocycles. The molecule has 1 aromatic carbocycles. The van der Waals surface area contributed by atoms with Gasteiger partial charge in [0.2, 0.25) is 5.91 Å². The van der Waals surface area contributed by atoms with Gasteiger partial charge in [-0.25, -0.2) is 0 Å². The Balaban J connectivity index is 2.01. The Labute approximate surface area is 119 Å². The molecule has 0 aliphatic carbocycles. The smallest absolute Gasteiger partial charge is 0.223 e. The average Bonchev–Trinajstić information content (AvgIpc) is 2.95. The monoisotopic (exact) mass is 268 g/mol. The number of benzene rings is 1. The van der Waals surface area contributed by atoms with E-state index in [1.165, 1.54) is 11.3 Å². The molecule has 1 aliphatic rings. The fourth-order valence-corrected chi connectivity index (χ4v) is 3.00. The number of amides is 1. The third-order valence-electron chi connectivity index (χ3n) is 3.94. The third-order valence-corrected chi connectivity index (χ3v) is 3.94. The molecule has 0 N–H and O–H groups in total. The van der Waals surface area contributed by atoms with Crippen LogP contribution in [-0.4, -0.2) is 21.9 Å². The summed E-state index contributed by atoms with van der Waals surface area (Å²) in [5.41, 5.74) is 2.41.